The van der Waals surface area contributed by atoms with E-state index >= 15 is 0 Å². The van der Waals surface area contributed by atoms with Crippen LogP contribution in [0.5, 0.6) is 0 Å². The second kappa shape index (κ2) is 8.14. The smallest absolute Gasteiger partial charge is 0.341 e. The molecule has 0 saturated heterocycles. The van der Waals surface area contributed by atoms with E-state index < -0.39 is 12.0 Å². The number of carbonyl (C=O) groups excluding carboxylic acids is 2. The minimum Gasteiger partial charge on any atom is -0.462 e. The van der Waals surface area contributed by atoms with Crippen molar-refractivity contribution in [2.24, 2.45) is 11.7 Å². The van der Waals surface area contributed by atoms with E-state index in [1.54, 1.807) is 13.0 Å². The van der Waals surface area contributed by atoms with Gasteiger partial charge < -0.3 is 15.8 Å². The molecule has 0 aromatic carbocycles. The minimum atomic E-state index is -0.586. The Morgan fingerprint density at radius 2 is 2.05 bits per heavy atom. The Labute approximate surface area is 129 Å². The predicted octanol–water partition coefficient (Wildman–Crippen LogP) is 2.80. The lowest BCUT2D eigenvalue weighted by Crippen LogP contribution is -2.40. The monoisotopic (exact) mass is 312 g/mol. The van der Waals surface area contributed by atoms with Gasteiger partial charge in [-0.3, -0.25) is 4.79 Å². The van der Waals surface area contributed by atoms with Crippen molar-refractivity contribution in [3.8, 4) is 0 Å². The van der Waals surface area contributed by atoms with Crippen LogP contribution in [0, 0.1) is 5.92 Å². The number of ether oxygens (including phenoxy) is 1. The zero-order chi connectivity index (χ0) is 16.0. The van der Waals surface area contributed by atoms with Gasteiger partial charge in [0.1, 0.15) is 5.00 Å². The summed E-state index contributed by atoms with van der Waals surface area (Å²) < 4.78 is 5.02. The molecule has 0 aliphatic carbocycles. The molecule has 0 spiro atoms. The number of hydrogen-bond acceptors (Lipinski definition) is 5. The number of nitrogens with two attached hydrogens (primary N) is 1. The maximum absolute atomic E-state index is 12.2. The molecule has 0 fully saturated rings. The summed E-state index contributed by atoms with van der Waals surface area (Å²) in [4.78, 5) is 25.1. The SMILES string of the molecule is CCOC(=O)c1cc(CC)sc1NC(=O)C(N)C(C)CC. The van der Waals surface area contributed by atoms with Crippen molar-refractivity contribution < 1.29 is 14.3 Å². The standard InChI is InChI=1S/C15H24N2O3S/c1-5-9(4)12(16)13(18)17-14-11(15(19)20-7-3)8-10(6-2)21-14/h8-9,12H,5-7,16H2,1-4H3,(H,17,18). The zero-order valence-corrected chi connectivity index (χ0v) is 13.9. The molecule has 3 N–H and O–H groups in total. The molecule has 6 heteroatoms. The fourth-order valence-electron chi connectivity index (χ4n) is 1.78. The fraction of sp³-hybridized carbons (Fsp3) is 0.600. The van der Waals surface area contributed by atoms with E-state index in [0.29, 0.717) is 17.2 Å². The molecule has 0 saturated carbocycles. The molecule has 0 aliphatic heterocycles. The summed E-state index contributed by atoms with van der Waals surface area (Å²) in [7, 11) is 0. The van der Waals surface area contributed by atoms with Crippen LogP contribution < -0.4 is 11.1 Å². The molecule has 118 valence electrons. The Bertz CT molecular complexity index is 499. The van der Waals surface area contributed by atoms with Crippen LogP contribution in [0.15, 0.2) is 6.07 Å². The first-order valence-corrected chi connectivity index (χ1v) is 8.12. The topological polar surface area (TPSA) is 81.4 Å². The minimum absolute atomic E-state index is 0.0849. The van der Waals surface area contributed by atoms with Gasteiger partial charge in [0.25, 0.3) is 0 Å². The molecular formula is C15H24N2O3S. The summed E-state index contributed by atoms with van der Waals surface area (Å²) in [5.74, 6) is -0.595. The second-order valence-corrected chi connectivity index (χ2v) is 6.07. The van der Waals surface area contributed by atoms with E-state index in [-0.39, 0.29) is 11.8 Å². The van der Waals surface area contributed by atoms with E-state index in [9.17, 15) is 9.59 Å². The van der Waals surface area contributed by atoms with Crippen LogP contribution in [0.25, 0.3) is 0 Å². The Kier molecular flexibility index (Phi) is 6.84. The maximum Gasteiger partial charge on any atom is 0.341 e. The highest BCUT2D eigenvalue weighted by atomic mass is 32.1. The lowest BCUT2D eigenvalue weighted by Gasteiger charge is -2.17. The fourth-order valence-corrected chi connectivity index (χ4v) is 2.76. The Balaban J connectivity index is 2.93. The molecule has 21 heavy (non-hydrogen) atoms. The normalized spacial score (nSPS) is 13.6. The Morgan fingerprint density at radius 1 is 1.38 bits per heavy atom. The van der Waals surface area contributed by atoms with E-state index in [1.807, 2.05) is 20.8 Å². The molecule has 5 nitrogen and oxygen atoms in total. The number of nitrogens with one attached hydrogen (secondary N) is 1. The number of anilines is 1. The quantitative estimate of drug-likeness (QED) is 0.759. The molecule has 0 bridgehead atoms. The number of hydrogen-bond donors (Lipinski definition) is 2. The largest absolute Gasteiger partial charge is 0.462 e. The third kappa shape index (κ3) is 4.54. The highest BCUT2D eigenvalue weighted by Crippen LogP contribution is 2.29. The van der Waals surface area contributed by atoms with Gasteiger partial charge in [-0.2, -0.15) is 0 Å². The van der Waals surface area contributed by atoms with E-state index in [1.165, 1.54) is 11.3 Å². The van der Waals surface area contributed by atoms with Gasteiger partial charge in [-0.05, 0) is 25.3 Å². The number of thiophene rings is 1. The molecule has 1 amide bonds. The summed E-state index contributed by atoms with van der Waals surface area (Å²) in [5, 5.41) is 3.30. The summed E-state index contributed by atoms with van der Waals surface area (Å²) >= 11 is 1.39. The van der Waals surface area contributed by atoms with Crippen molar-refractivity contribution in [3.05, 3.63) is 16.5 Å². The van der Waals surface area contributed by atoms with Crippen molar-refractivity contribution >= 4 is 28.2 Å². The molecule has 2 unspecified atom stereocenters. The molecular weight excluding hydrogens is 288 g/mol. The highest BCUT2D eigenvalue weighted by molar-refractivity contribution is 7.16. The molecule has 0 aliphatic rings. The molecule has 1 aromatic heterocycles. The number of carbonyl (C=O) groups is 2. The number of amides is 1. The summed E-state index contributed by atoms with van der Waals surface area (Å²) in [6.45, 7) is 7.97. The molecule has 0 radical (unpaired) electrons. The van der Waals surface area contributed by atoms with Gasteiger partial charge in [0, 0.05) is 4.88 Å². The Morgan fingerprint density at radius 3 is 2.57 bits per heavy atom. The van der Waals surface area contributed by atoms with Crippen LogP contribution in [-0.4, -0.2) is 24.5 Å². The first kappa shape index (κ1) is 17.7. The number of rotatable bonds is 7. The van der Waals surface area contributed by atoms with E-state index in [0.717, 1.165) is 17.7 Å². The molecule has 2 atom stereocenters. The van der Waals surface area contributed by atoms with Crippen LogP contribution in [-0.2, 0) is 16.0 Å². The van der Waals surface area contributed by atoms with Gasteiger partial charge in [0.05, 0.1) is 18.2 Å². The summed E-state index contributed by atoms with van der Waals surface area (Å²) in [6, 6.07) is 1.18. The molecule has 1 heterocycles. The maximum atomic E-state index is 12.2. The van der Waals surface area contributed by atoms with Gasteiger partial charge in [-0.25, -0.2) is 4.79 Å². The lowest BCUT2D eigenvalue weighted by molar-refractivity contribution is -0.118. The van der Waals surface area contributed by atoms with E-state index in [4.69, 9.17) is 10.5 Å². The van der Waals surface area contributed by atoms with Crippen molar-refractivity contribution in [2.45, 2.75) is 46.6 Å². The lowest BCUT2D eigenvalue weighted by atomic mass is 9.99. The van der Waals surface area contributed by atoms with Crippen molar-refractivity contribution in [3.63, 3.8) is 0 Å². The van der Waals surface area contributed by atoms with Gasteiger partial charge in [0.15, 0.2) is 0 Å². The van der Waals surface area contributed by atoms with Crippen LogP contribution in [0.3, 0.4) is 0 Å². The average Bonchev–Trinajstić information content (AvgIpc) is 2.88. The highest BCUT2D eigenvalue weighted by Gasteiger charge is 2.23. The average molecular weight is 312 g/mol. The van der Waals surface area contributed by atoms with Crippen LogP contribution >= 0.6 is 11.3 Å². The van der Waals surface area contributed by atoms with Crippen molar-refractivity contribution in [2.75, 3.05) is 11.9 Å². The predicted molar refractivity (Wildman–Crippen MR) is 85.7 cm³/mol. The summed E-state index contributed by atoms with van der Waals surface area (Å²) in [5.41, 5.74) is 6.33. The van der Waals surface area contributed by atoms with Crippen LogP contribution in [0.1, 0.15) is 49.4 Å². The van der Waals surface area contributed by atoms with Gasteiger partial charge in [0.2, 0.25) is 5.91 Å². The Hall–Kier alpha value is -1.40. The number of esters is 1. The summed E-state index contributed by atoms with van der Waals surface area (Å²) in [6.07, 6.45) is 1.62. The van der Waals surface area contributed by atoms with Crippen LogP contribution in [0.4, 0.5) is 5.00 Å². The third-order valence-corrected chi connectivity index (χ3v) is 4.62. The van der Waals surface area contributed by atoms with Gasteiger partial charge in [-0.15, -0.1) is 11.3 Å². The van der Waals surface area contributed by atoms with E-state index in [2.05, 4.69) is 5.32 Å². The van der Waals surface area contributed by atoms with Gasteiger partial charge >= 0.3 is 5.97 Å². The van der Waals surface area contributed by atoms with Crippen molar-refractivity contribution in [1.82, 2.24) is 0 Å². The first-order valence-electron chi connectivity index (χ1n) is 7.30. The second-order valence-electron chi connectivity index (χ2n) is 4.93. The zero-order valence-electron chi connectivity index (χ0n) is 13.1. The van der Waals surface area contributed by atoms with Crippen LogP contribution in [0.2, 0.25) is 0 Å². The van der Waals surface area contributed by atoms with Gasteiger partial charge in [-0.1, -0.05) is 27.2 Å². The molecule has 1 rings (SSSR count). The molecule has 1 aromatic rings. The first-order chi connectivity index (χ1) is 9.94. The van der Waals surface area contributed by atoms with Crippen molar-refractivity contribution in [1.29, 1.82) is 0 Å². The number of aryl methyl sites for hydroxylation is 1. The third-order valence-electron chi connectivity index (χ3n) is 3.42.